The normalized spacial score (nSPS) is 11.1. The highest BCUT2D eigenvalue weighted by atomic mass is 16.5. The van der Waals surface area contributed by atoms with Crippen molar-refractivity contribution in [2.24, 2.45) is 0 Å². The summed E-state index contributed by atoms with van der Waals surface area (Å²) in [4.78, 5) is 0. The fraction of sp³-hybridized carbons (Fsp3) is 0.231. The molecular weight excluding hydrogens is 328 g/mol. The Kier molecular flexibility index (Phi) is 6.49. The number of aryl methyl sites for hydroxylation is 2. The third kappa shape index (κ3) is 5.10. The molecule has 0 bridgehead atoms. The second kappa shape index (κ2) is 9.23. The van der Waals surface area contributed by atoms with Crippen LogP contribution in [0.1, 0.15) is 43.4 Å². The molecule has 3 aromatic rings. The molecule has 0 aliphatic heterocycles. The van der Waals surface area contributed by atoms with Gasteiger partial charge >= 0.3 is 0 Å². The van der Waals surface area contributed by atoms with Crippen LogP contribution in [0, 0.1) is 6.92 Å². The van der Waals surface area contributed by atoms with Crippen LogP contribution in [-0.4, -0.2) is 0 Å². The van der Waals surface area contributed by atoms with Crippen LogP contribution in [0.5, 0.6) is 11.5 Å². The molecule has 0 fully saturated rings. The first kappa shape index (κ1) is 19.0. The summed E-state index contributed by atoms with van der Waals surface area (Å²) < 4.78 is 6.26. The third-order valence-electron chi connectivity index (χ3n) is 4.71. The Balaban J connectivity index is 1.87. The smallest absolute Gasteiger partial charge is 0.135 e. The molecule has 0 spiro atoms. The third-order valence-corrected chi connectivity index (χ3v) is 4.71. The number of allylic oxidation sites excluding steroid dienone is 1. The van der Waals surface area contributed by atoms with Crippen molar-refractivity contribution in [1.29, 1.82) is 0 Å². The zero-order chi connectivity index (χ0) is 19.1. The van der Waals surface area contributed by atoms with Crippen molar-refractivity contribution in [3.05, 3.63) is 89.5 Å². The van der Waals surface area contributed by atoms with E-state index in [0.717, 1.165) is 29.0 Å². The summed E-state index contributed by atoms with van der Waals surface area (Å²) in [6.07, 6.45) is 7.70. The minimum Gasteiger partial charge on any atom is -0.457 e. The lowest BCUT2D eigenvalue weighted by molar-refractivity contribution is 0.481. The van der Waals surface area contributed by atoms with Crippen LogP contribution in [-0.2, 0) is 6.42 Å². The summed E-state index contributed by atoms with van der Waals surface area (Å²) in [7, 11) is 0. The molecule has 1 nitrogen and oxygen atoms in total. The van der Waals surface area contributed by atoms with E-state index in [1.54, 1.807) is 0 Å². The number of benzene rings is 3. The van der Waals surface area contributed by atoms with Gasteiger partial charge in [0.15, 0.2) is 0 Å². The first-order valence-corrected chi connectivity index (χ1v) is 9.80. The van der Waals surface area contributed by atoms with Gasteiger partial charge in [-0.3, -0.25) is 0 Å². The lowest BCUT2D eigenvalue weighted by atomic mass is 10.0. The van der Waals surface area contributed by atoms with Crippen molar-refractivity contribution < 1.29 is 4.74 Å². The monoisotopic (exact) mass is 356 g/mol. The van der Waals surface area contributed by atoms with Crippen LogP contribution >= 0.6 is 0 Å². The molecule has 27 heavy (non-hydrogen) atoms. The highest BCUT2D eigenvalue weighted by Gasteiger charge is 2.07. The van der Waals surface area contributed by atoms with E-state index in [-0.39, 0.29) is 0 Å². The average molecular weight is 357 g/mol. The van der Waals surface area contributed by atoms with Crippen LogP contribution < -0.4 is 4.74 Å². The molecule has 0 saturated heterocycles. The summed E-state index contributed by atoms with van der Waals surface area (Å²) in [5.74, 6) is 1.76. The molecule has 1 heteroatoms. The predicted molar refractivity (Wildman–Crippen MR) is 116 cm³/mol. The predicted octanol–water partition coefficient (Wildman–Crippen LogP) is 7.83. The molecule has 0 unspecified atom stereocenters. The van der Waals surface area contributed by atoms with Crippen molar-refractivity contribution in [2.45, 2.75) is 40.0 Å². The lowest BCUT2D eigenvalue weighted by Gasteiger charge is -2.12. The summed E-state index contributed by atoms with van der Waals surface area (Å²) in [6.45, 7) is 6.36. The molecule has 0 aliphatic carbocycles. The molecule has 0 N–H and O–H groups in total. The second-order valence-corrected chi connectivity index (χ2v) is 6.97. The van der Waals surface area contributed by atoms with E-state index < -0.39 is 0 Å². The van der Waals surface area contributed by atoms with Crippen molar-refractivity contribution in [3.63, 3.8) is 0 Å². The van der Waals surface area contributed by atoms with E-state index in [0.29, 0.717) is 0 Å². The molecule has 0 saturated carbocycles. The van der Waals surface area contributed by atoms with Gasteiger partial charge < -0.3 is 4.74 Å². The van der Waals surface area contributed by atoms with E-state index in [2.05, 4.69) is 86.7 Å². The average Bonchev–Trinajstić information content (AvgIpc) is 2.69. The second-order valence-electron chi connectivity index (χ2n) is 6.97. The highest BCUT2D eigenvalue weighted by Crippen LogP contribution is 2.32. The lowest BCUT2D eigenvalue weighted by Crippen LogP contribution is -1.90. The number of unbranched alkanes of at least 4 members (excludes halogenated alkanes) is 1. The number of ether oxygens (including phenoxy) is 1. The van der Waals surface area contributed by atoms with Gasteiger partial charge in [0.2, 0.25) is 0 Å². The van der Waals surface area contributed by atoms with Crippen molar-refractivity contribution >= 4 is 6.08 Å². The largest absolute Gasteiger partial charge is 0.457 e. The van der Waals surface area contributed by atoms with Gasteiger partial charge in [0.25, 0.3) is 0 Å². The first-order chi connectivity index (χ1) is 13.2. The fourth-order valence-corrected chi connectivity index (χ4v) is 3.10. The van der Waals surface area contributed by atoms with Crippen LogP contribution in [0.4, 0.5) is 0 Å². The SMILES string of the molecule is C/C=C/c1ccc(-c2ccc(C)cc2)cc1Oc1ccc(CCCC)cc1. The summed E-state index contributed by atoms with van der Waals surface area (Å²) >= 11 is 0. The van der Waals surface area contributed by atoms with Crippen molar-refractivity contribution in [1.82, 2.24) is 0 Å². The Morgan fingerprint density at radius 3 is 2.22 bits per heavy atom. The van der Waals surface area contributed by atoms with Crippen LogP contribution in [0.15, 0.2) is 72.8 Å². The Hall–Kier alpha value is -2.80. The van der Waals surface area contributed by atoms with Crippen LogP contribution in [0.3, 0.4) is 0 Å². The topological polar surface area (TPSA) is 9.23 Å². The fourth-order valence-electron chi connectivity index (χ4n) is 3.10. The Morgan fingerprint density at radius 2 is 1.56 bits per heavy atom. The van der Waals surface area contributed by atoms with Gasteiger partial charge in [-0.05, 0) is 61.6 Å². The molecule has 0 aromatic heterocycles. The van der Waals surface area contributed by atoms with Gasteiger partial charge in [-0.15, -0.1) is 0 Å². The Labute approximate surface area is 163 Å². The van der Waals surface area contributed by atoms with Gasteiger partial charge in [-0.25, -0.2) is 0 Å². The maximum Gasteiger partial charge on any atom is 0.135 e. The maximum atomic E-state index is 6.26. The molecular formula is C26H28O. The Morgan fingerprint density at radius 1 is 0.852 bits per heavy atom. The molecule has 0 atom stereocenters. The van der Waals surface area contributed by atoms with Gasteiger partial charge in [0.1, 0.15) is 11.5 Å². The number of hydrogen-bond donors (Lipinski definition) is 0. The molecule has 3 aromatic carbocycles. The van der Waals surface area contributed by atoms with E-state index in [9.17, 15) is 0 Å². The highest BCUT2D eigenvalue weighted by molar-refractivity contribution is 5.70. The zero-order valence-corrected chi connectivity index (χ0v) is 16.5. The minimum atomic E-state index is 0.877. The van der Waals surface area contributed by atoms with E-state index >= 15 is 0 Å². The number of rotatable bonds is 7. The molecule has 3 rings (SSSR count). The standard InChI is InChI=1S/C26H28O/c1-4-6-8-21-11-17-25(18-12-21)27-26-19-24(16-15-23(26)7-5-2)22-13-9-20(3)10-14-22/h5,7,9-19H,4,6,8H2,1-3H3/b7-5+. The molecule has 0 radical (unpaired) electrons. The minimum absolute atomic E-state index is 0.877. The Bertz CT molecular complexity index is 886. The number of hydrogen-bond acceptors (Lipinski definition) is 1. The van der Waals surface area contributed by atoms with Gasteiger partial charge in [0.05, 0.1) is 0 Å². The first-order valence-electron chi connectivity index (χ1n) is 9.80. The van der Waals surface area contributed by atoms with Crippen LogP contribution in [0.2, 0.25) is 0 Å². The maximum absolute atomic E-state index is 6.26. The summed E-state index contributed by atoms with van der Waals surface area (Å²) in [6, 6.07) is 23.5. The zero-order valence-electron chi connectivity index (χ0n) is 16.5. The van der Waals surface area contributed by atoms with E-state index in [1.165, 1.54) is 29.5 Å². The van der Waals surface area contributed by atoms with E-state index in [4.69, 9.17) is 4.74 Å². The van der Waals surface area contributed by atoms with Crippen LogP contribution in [0.25, 0.3) is 17.2 Å². The quantitative estimate of drug-likeness (QED) is 0.419. The molecule has 138 valence electrons. The van der Waals surface area contributed by atoms with Gasteiger partial charge in [0, 0.05) is 5.56 Å². The van der Waals surface area contributed by atoms with E-state index in [1.807, 2.05) is 13.0 Å². The molecule has 0 aliphatic rings. The molecule has 0 heterocycles. The summed E-state index contributed by atoms with van der Waals surface area (Å²) in [5.41, 5.74) is 6.09. The van der Waals surface area contributed by atoms with Gasteiger partial charge in [-0.1, -0.05) is 79.6 Å². The molecule has 0 amide bonds. The van der Waals surface area contributed by atoms with Gasteiger partial charge in [-0.2, -0.15) is 0 Å². The van der Waals surface area contributed by atoms with Crippen molar-refractivity contribution in [2.75, 3.05) is 0 Å². The van der Waals surface area contributed by atoms with Crippen molar-refractivity contribution in [3.8, 4) is 22.6 Å². The summed E-state index contributed by atoms with van der Waals surface area (Å²) in [5, 5.41) is 0.